The predicted molar refractivity (Wildman–Crippen MR) is 345 cm³/mol. The SMILES string of the molecule is C[C@@]1(O)[C@H](O)[C@@H](CO)O[C@H]1c1cc2c3c(ncnn13)NC(=O)CC2.C[C@@]1(O)[C@H](O)[C@@H](CO)O[C@H]1c1cc2ccc(=N)nc3c2n1NC=N3.Cc1cc(=O)nc2c3c1cc([C@@H]1O[C@H](CO)[C@@H](O)[C@@]1(C)O)n3NC=N2.Cc1cc2cc([C@@H]3O[C@H](CO)[C@@H](O)[C@@]3(C)O)n3c2c(nc1=O)N=CN3. The number of aliphatic imine (C=N–C) groups is 3. The van der Waals surface area contributed by atoms with Crippen LogP contribution in [0.25, 0.3) is 38.2 Å². The molecule has 16 rings (SSSR count). The van der Waals surface area contributed by atoms with Gasteiger partial charge < -0.3 is 85.5 Å². The highest BCUT2D eigenvalue weighted by Crippen LogP contribution is 2.48. The van der Waals surface area contributed by atoms with Gasteiger partial charge >= 0.3 is 0 Å². The minimum atomic E-state index is -1.61. The molecule has 0 unspecified atom stereocenters. The molecule has 8 aromatic rings. The standard InChI is InChI=1S/2C16H18N4O5.C15H17N5O4.C15H18N4O5/c1-7-3-11(22)19-15-12-8(7)4-9(20(12)18-6-17-15)14-16(2,24)13(23)10(5-21)25-14;1-7-3-8-4-9(13-16(2,24)12(22)10(5-21)25-13)20-11(8)14(17-6-18-20)19-15(7)23;1-15(23)12(22)9(5-21)24-13(15)8-4-7-2-3-10(16)19-14-11(7)20(8)18-6-17-14;1-15(23)12(22)9(5-20)24-13(15)8-4-7-2-3-10(21)18-14-11(7)19(8)17-6-16-14/h3-4,6,10,13-14,21,23-24H,5H2,1-2H3,(H,17,18,19,22);3-4,6,10,12-13,21-22,24H,5H2,1-2H3,(H,17,18,19,23);2-4,6,9,12-13,21-23H,5H2,1H3,(H2,16,17,18,19);4,6,9,12-13,20,22-23H,2-3,5H2,1H3,(H,16,17,18,21)/t10-,13-,14+,16-;10-,12-,13+,16-;2*9-,12-,13+,15-/m1111/s1. The highest BCUT2D eigenvalue weighted by Gasteiger charge is 2.57. The maximum atomic E-state index is 12.0. The van der Waals surface area contributed by atoms with E-state index in [9.17, 15) is 75.7 Å². The number of aromatic nitrogens is 9. The largest absolute Gasteiger partial charge is 0.394 e. The average Bonchev–Trinajstić information content (AvgIpc) is 1.60. The van der Waals surface area contributed by atoms with Crippen LogP contribution in [0.5, 0.6) is 0 Å². The second-order valence-electron chi connectivity index (χ2n) is 25.7. The van der Waals surface area contributed by atoms with Gasteiger partial charge in [-0.1, -0.05) is 0 Å². The molecule has 1 amide bonds. The molecule has 0 radical (unpaired) electrons. The Morgan fingerprint density at radius 2 is 0.980 bits per heavy atom. The number of rotatable bonds is 8. The van der Waals surface area contributed by atoms with Gasteiger partial charge in [-0.25, -0.2) is 29.5 Å². The van der Waals surface area contributed by atoms with Gasteiger partial charge in [-0.3, -0.25) is 50.1 Å². The van der Waals surface area contributed by atoms with E-state index in [1.807, 2.05) is 0 Å². The summed E-state index contributed by atoms with van der Waals surface area (Å²) >= 11 is 0. The molecule has 0 aromatic carbocycles. The van der Waals surface area contributed by atoms with Gasteiger partial charge in [0.25, 0.3) is 11.1 Å². The fourth-order valence-corrected chi connectivity index (χ4v) is 13.7. The van der Waals surface area contributed by atoms with E-state index in [0.717, 1.165) is 16.3 Å². The highest BCUT2D eigenvalue weighted by atomic mass is 16.6. The summed E-state index contributed by atoms with van der Waals surface area (Å²) in [6, 6.07) is 13.5. The lowest BCUT2D eigenvalue weighted by atomic mass is 9.91. The molecule has 4 fully saturated rings. The first-order valence-electron chi connectivity index (χ1n) is 31.0. The van der Waals surface area contributed by atoms with Crippen molar-refractivity contribution in [1.82, 2.24) is 43.6 Å². The van der Waals surface area contributed by atoms with E-state index in [-0.39, 0.29) is 28.6 Å². The Hall–Kier alpha value is -9.06. The topological polar surface area (TPSA) is 524 Å². The van der Waals surface area contributed by atoms with E-state index in [1.165, 1.54) is 59.1 Å². The maximum absolute atomic E-state index is 12.0. The van der Waals surface area contributed by atoms with Gasteiger partial charge in [0, 0.05) is 34.2 Å². The van der Waals surface area contributed by atoms with Gasteiger partial charge in [-0.05, 0) is 102 Å². The summed E-state index contributed by atoms with van der Waals surface area (Å²) in [5, 5.41) is 138. The van der Waals surface area contributed by atoms with Gasteiger partial charge in [0.05, 0.1) is 49.2 Å². The first kappa shape index (κ1) is 67.5. The predicted octanol–water partition coefficient (Wildman–Crippen LogP) is -2.63. The van der Waals surface area contributed by atoms with Crippen LogP contribution in [0.1, 0.15) is 98.0 Å². The zero-order valence-corrected chi connectivity index (χ0v) is 53.2. The molecule has 98 heavy (non-hydrogen) atoms. The van der Waals surface area contributed by atoms with Crippen molar-refractivity contribution in [2.45, 2.75) is 150 Å². The summed E-state index contributed by atoms with van der Waals surface area (Å²) in [5.41, 5.74) is 8.46. The van der Waals surface area contributed by atoms with Crippen LogP contribution >= 0.6 is 0 Å². The number of aliphatic hydroxyl groups is 12. The Labute approximate surface area is 552 Å². The highest BCUT2D eigenvalue weighted by molar-refractivity contribution is 5.98. The number of amides is 1. The molecule has 8 aliphatic rings. The monoisotopic (exact) mass is 1360 g/mol. The van der Waals surface area contributed by atoms with E-state index < -0.39 is 128 Å². The lowest BCUT2D eigenvalue weighted by Crippen LogP contribution is -2.43. The third-order valence-electron chi connectivity index (χ3n) is 19.0. The van der Waals surface area contributed by atoms with E-state index in [4.69, 9.17) is 24.4 Å². The Morgan fingerprint density at radius 3 is 1.48 bits per heavy atom. The molecule has 518 valence electrons. The molecule has 16 atom stereocenters. The number of aliphatic hydroxyl groups excluding tert-OH is 8. The molecule has 0 bridgehead atoms. The van der Waals surface area contributed by atoms with Gasteiger partial charge in [0.2, 0.25) is 5.91 Å². The van der Waals surface area contributed by atoms with Gasteiger partial charge in [0.1, 0.15) is 149 Å². The molecule has 8 aromatic heterocycles. The van der Waals surface area contributed by atoms with Crippen molar-refractivity contribution in [3.63, 3.8) is 0 Å². The zero-order chi connectivity index (χ0) is 70.0. The molecule has 36 nitrogen and oxygen atoms in total. The van der Waals surface area contributed by atoms with Crippen LogP contribution in [0.15, 0.2) is 79.4 Å². The van der Waals surface area contributed by atoms with Crippen LogP contribution in [0.2, 0.25) is 0 Å². The summed E-state index contributed by atoms with van der Waals surface area (Å²) in [6.45, 7) is 7.68. The van der Waals surface area contributed by atoms with Crippen LogP contribution in [0, 0.1) is 19.3 Å². The van der Waals surface area contributed by atoms with Crippen molar-refractivity contribution in [3.8, 4) is 0 Å². The van der Waals surface area contributed by atoms with Crippen LogP contribution < -0.4 is 38.2 Å². The number of carbonyl (C=O) groups is 1. The number of nitrogens with one attached hydrogen (secondary N) is 5. The summed E-state index contributed by atoms with van der Waals surface area (Å²) < 4.78 is 29.3. The number of carbonyl (C=O) groups excluding carboxylic acids is 1. The number of ether oxygens (including phenoxy) is 4. The summed E-state index contributed by atoms with van der Waals surface area (Å²) in [6.07, 6.45) is -5.65. The first-order valence-corrected chi connectivity index (χ1v) is 31.0. The Morgan fingerprint density at radius 1 is 0.531 bits per heavy atom. The van der Waals surface area contributed by atoms with Gasteiger partial charge in [0.15, 0.2) is 23.3 Å². The van der Waals surface area contributed by atoms with E-state index >= 15 is 0 Å². The van der Waals surface area contributed by atoms with Crippen LogP contribution in [0.4, 0.5) is 23.3 Å². The fraction of sp³-hybridized carbons (Fsp3) is 0.452. The number of hydrogen-bond acceptors (Lipinski definition) is 31. The lowest BCUT2D eigenvalue weighted by Gasteiger charge is -2.27. The quantitative estimate of drug-likeness (QED) is 0.0740. The Kier molecular flexibility index (Phi) is 17.2. The molecule has 0 spiro atoms. The third kappa shape index (κ3) is 11.1. The van der Waals surface area contributed by atoms with Crippen molar-refractivity contribution in [3.05, 3.63) is 121 Å². The van der Waals surface area contributed by atoms with Crippen LogP contribution in [0.3, 0.4) is 0 Å². The molecule has 0 aliphatic carbocycles. The molecule has 0 saturated carbocycles. The Balaban J connectivity index is 0.000000118. The first-order chi connectivity index (χ1) is 46.5. The molecule has 17 N–H and O–H groups in total. The van der Waals surface area contributed by atoms with Crippen molar-refractivity contribution in [2.24, 2.45) is 15.0 Å². The molecular formula is C62H71N17O19. The van der Waals surface area contributed by atoms with Crippen molar-refractivity contribution < 1.29 is 85.0 Å². The van der Waals surface area contributed by atoms with Gasteiger partial charge in [-0.2, -0.15) is 15.1 Å². The molecule has 4 saturated heterocycles. The lowest BCUT2D eigenvalue weighted by molar-refractivity contribution is -0.116. The van der Waals surface area contributed by atoms with Crippen molar-refractivity contribution in [1.29, 1.82) is 5.41 Å². The second-order valence-corrected chi connectivity index (χ2v) is 25.7. The number of nitrogens with zero attached hydrogens (tertiary/aromatic N) is 12. The smallest absolute Gasteiger partial charge is 0.274 e. The normalized spacial score (nSPS) is 31.4. The minimum absolute atomic E-state index is 0.0910. The molecule has 16 heterocycles. The fourth-order valence-electron chi connectivity index (χ4n) is 13.7. The third-order valence-corrected chi connectivity index (χ3v) is 19.0. The van der Waals surface area contributed by atoms with E-state index in [1.54, 1.807) is 74.9 Å². The molecule has 8 aliphatic heterocycles. The summed E-state index contributed by atoms with van der Waals surface area (Å²) in [4.78, 5) is 64.2. The second kappa shape index (κ2) is 25.0. The van der Waals surface area contributed by atoms with E-state index in [2.05, 4.69) is 61.6 Å². The zero-order valence-electron chi connectivity index (χ0n) is 53.2. The van der Waals surface area contributed by atoms with Crippen LogP contribution in [-0.4, -0.2) is 227 Å². The van der Waals surface area contributed by atoms with Crippen molar-refractivity contribution in [2.75, 3.05) is 48.0 Å². The summed E-state index contributed by atoms with van der Waals surface area (Å²) in [5.74, 6) is 1.19. The molecule has 36 heteroatoms. The number of aryl methyl sites for hydroxylation is 3. The Bertz CT molecular complexity index is 4810. The van der Waals surface area contributed by atoms with Gasteiger partial charge in [-0.15, -0.1) is 0 Å². The van der Waals surface area contributed by atoms with E-state index in [0.29, 0.717) is 85.8 Å². The number of anilines is 1. The number of hydrogen-bond donors (Lipinski definition) is 17. The minimum Gasteiger partial charge on any atom is -0.394 e. The molecular weight excluding hydrogens is 1290 g/mol. The maximum Gasteiger partial charge on any atom is 0.274 e. The van der Waals surface area contributed by atoms with Crippen molar-refractivity contribution >= 4 is 86.4 Å². The average molecular weight is 1360 g/mol. The van der Waals surface area contributed by atoms with Crippen LogP contribution in [-0.2, 0) is 30.2 Å². The summed E-state index contributed by atoms with van der Waals surface area (Å²) in [7, 11) is 0.